The molecule has 1 atom stereocenters. The predicted molar refractivity (Wildman–Crippen MR) is 97.1 cm³/mol. The number of nitrogens with zero attached hydrogens (tertiary/aromatic N) is 2. The lowest BCUT2D eigenvalue weighted by Gasteiger charge is -2.17. The van der Waals surface area contributed by atoms with E-state index in [1.54, 1.807) is 17.5 Å². The highest BCUT2D eigenvalue weighted by Gasteiger charge is 2.16. The standard InChI is InChI=1S/C19H21N3OS/c23-19(11-4-9-16-7-2-1-3-8-16)20-15-17(18-10-5-14-24-18)22-13-6-12-21-22/h1-3,5-8,10,12-14,17H,4,9,11,15H2,(H,20,23). The van der Waals surface area contributed by atoms with Crippen molar-refractivity contribution < 1.29 is 4.79 Å². The summed E-state index contributed by atoms with van der Waals surface area (Å²) in [6, 6.07) is 16.3. The quantitative estimate of drug-likeness (QED) is 0.680. The fraction of sp³-hybridized carbons (Fsp3) is 0.263. The molecular formula is C19H21N3OS. The van der Waals surface area contributed by atoms with Crippen LogP contribution in [0.3, 0.4) is 0 Å². The monoisotopic (exact) mass is 339 g/mol. The Kier molecular flexibility index (Phi) is 5.80. The number of carbonyl (C=O) groups is 1. The molecule has 5 heteroatoms. The average molecular weight is 339 g/mol. The molecule has 2 aromatic heterocycles. The number of rotatable bonds is 8. The molecule has 0 aliphatic rings. The Balaban J connectivity index is 1.49. The SMILES string of the molecule is O=C(CCCc1ccccc1)NCC(c1cccs1)n1cccn1. The minimum absolute atomic E-state index is 0.0538. The summed E-state index contributed by atoms with van der Waals surface area (Å²) in [5.41, 5.74) is 1.28. The summed E-state index contributed by atoms with van der Waals surface area (Å²) >= 11 is 1.68. The summed E-state index contributed by atoms with van der Waals surface area (Å²) in [5.74, 6) is 0.0969. The van der Waals surface area contributed by atoms with Gasteiger partial charge >= 0.3 is 0 Å². The highest BCUT2D eigenvalue weighted by Crippen LogP contribution is 2.21. The van der Waals surface area contributed by atoms with E-state index in [9.17, 15) is 4.79 Å². The smallest absolute Gasteiger partial charge is 0.220 e. The van der Waals surface area contributed by atoms with Crippen LogP contribution in [0, 0.1) is 0 Å². The molecule has 0 saturated carbocycles. The van der Waals surface area contributed by atoms with Crippen LogP contribution in [0.25, 0.3) is 0 Å². The van der Waals surface area contributed by atoms with Gasteiger partial charge in [-0.05, 0) is 35.9 Å². The number of thiophene rings is 1. The van der Waals surface area contributed by atoms with E-state index in [1.807, 2.05) is 46.6 Å². The number of amides is 1. The maximum Gasteiger partial charge on any atom is 0.220 e. The predicted octanol–water partition coefficient (Wildman–Crippen LogP) is 3.67. The van der Waals surface area contributed by atoms with Gasteiger partial charge in [-0.3, -0.25) is 9.48 Å². The molecule has 24 heavy (non-hydrogen) atoms. The maximum atomic E-state index is 12.1. The summed E-state index contributed by atoms with van der Waals surface area (Å²) < 4.78 is 1.90. The first-order valence-electron chi connectivity index (χ1n) is 8.16. The molecule has 0 spiro atoms. The van der Waals surface area contributed by atoms with Crippen molar-refractivity contribution in [3.63, 3.8) is 0 Å². The molecule has 2 heterocycles. The lowest BCUT2D eigenvalue weighted by molar-refractivity contribution is -0.121. The van der Waals surface area contributed by atoms with Gasteiger partial charge in [0.2, 0.25) is 5.91 Å². The van der Waals surface area contributed by atoms with E-state index in [1.165, 1.54) is 10.4 Å². The van der Waals surface area contributed by atoms with Crippen molar-refractivity contribution in [1.82, 2.24) is 15.1 Å². The van der Waals surface area contributed by atoms with Crippen molar-refractivity contribution in [3.05, 3.63) is 76.7 Å². The molecule has 3 rings (SSSR count). The van der Waals surface area contributed by atoms with E-state index in [2.05, 4.69) is 28.6 Å². The third kappa shape index (κ3) is 4.55. The van der Waals surface area contributed by atoms with Crippen LogP contribution in [-0.4, -0.2) is 22.2 Å². The van der Waals surface area contributed by atoms with Crippen LogP contribution in [0.5, 0.6) is 0 Å². The van der Waals surface area contributed by atoms with E-state index >= 15 is 0 Å². The highest BCUT2D eigenvalue weighted by atomic mass is 32.1. The first kappa shape index (κ1) is 16.5. The Labute approximate surface area is 146 Å². The van der Waals surface area contributed by atoms with Crippen molar-refractivity contribution in [2.45, 2.75) is 25.3 Å². The molecular weight excluding hydrogens is 318 g/mol. The molecule has 0 bridgehead atoms. The van der Waals surface area contributed by atoms with Crippen molar-refractivity contribution in [2.75, 3.05) is 6.54 Å². The van der Waals surface area contributed by atoms with Crippen LogP contribution >= 0.6 is 11.3 Å². The zero-order chi connectivity index (χ0) is 16.6. The first-order valence-corrected chi connectivity index (χ1v) is 9.04. The lowest BCUT2D eigenvalue weighted by Crippen LogP contribution is -2.31. The van der Waals surface area contributed by atoms with Gasteiger partial charge in [-0.25, -0.2) is 0 Å². The first-order chi connectivity index (χ1) is 11.8. The third-order valence-electron chi connectivity index (χ3n) is 3.92. The summed E-state index contributed by atoms with van der Waals surface area (Å²) in [5, 5.41) is 9.43. The molecule has 0 aliphatic carbocycles. The van der Waals surface area contributed by atoms with Gasteiger partial charge in [0.05, 0.1) is 0 Å². The Morgan fingerprint density at radius 3 is 2.75 bits per heavy atom. The summed E-state index contributed by atoms with van der Waals surface area (Å²) in [6.07, 6.45) is 6.04. The van der Waals surface area contributed by atoms with Crippen molar-refractivity contribution >= 4 is 17.2 Å². The Morgan fingerprint density at radius 2 is 2.04 bits per heavy atom. The lowest BCUT2D eigenvalue weighted by atomic mass is 10.1. The Morgan fingerprint density at radius 1 is 1.17 bits per heavy atom. The van der Waals surface area contributed by atoms with E-state index in [-0.39, 0.29) is 11.9 Å². The van der Waals surface area contributed by atoms with Crippen LogP contribution in [0.4, 0.5) is 0 Å². The normalized spacial score (nSPS) is 12.0. The van der Waals surface area contributed by atoms with Crippen molar-refractivity contribution in [3.8, 4) is 0 Å². The highest BCUT2D eigenvalue weighted by molar-refractivity contribution is 7.10. The molecule has 1 N–H and O–H groups in total. The van der Waals surface area contributed by atoms with Crippen LogP contribution in [0.1, 0.15) is 29.3 Å². The van der Waals surface area contributed by atoms with Gasteiger partial charge in [0, 0.05) is 30.2 Å². The molecule has 1 aromatic carbocycles. The van der Waals surface area contributed by atoms with Crippen molar-refractivity contribution in [2.24, 2.45) is 0 Å². The van der Waals surface area contributed by atoms with Crippen LogP contribution in [0.15, 0.2) is 66.3 Å². The summed E-state index contributed by atoms with van der Waals surface area (Å²) in [7, 11) is 0. The third-order valence-corrected chi connectivity index (χ3v) is 4.89. The molecule has 124 valence electrons. The van der Waals surface area contributed by atoms with E-state index < -0.39 is 0 Å². The number of hydrogen-bond donors (Lipinski definition) is 1. The maximum absolute atomic E-state index is 12.1. The molecule has 0 fully saturated rings. The van der Waals surface area contributed by atoms with Gasteiger partial charge in [0.1, 0.15) is 6.04 Å². The number of carbonyl (C=O) groups excluding carboxylic acids is 1. The van der Waals surface area contributed by atoms with Gasteiger partial charge in [-0.15, -0.1) is 11.3 Å². The van der Waals surface area contributed by atoms with Crippen LogP contribution in [-0.2, 0) is 11.2 Å². The Hall–Kier alpha value is -2.40. The molecule has 4 nitrogen and oxygen atoms in total. The second-order valence-corrected chi connectivity index (χ2v) is 6.64. The molecule has 1 amide bonds. The minimum Gasteiger partial charge on any atom is -0.354 e. The Bertz CT molecular complexity index is 689. The van der Waals surface area contributed by atoms with E-state index in [0.29, 0.717) is 13.0 Å². The zero-order valence-corrected chi connectivity index (χ0v) is 14.3. The summed E-state index contributed by atoms with van der Waals surface area (Å²) in [6.45, 7) is 0.562. The molecule has 0 radical (unpaired) electrons. The van der Waals surface area contributed by atoms with E-state index in [4.69, 9.17) is 0 Å². The second-order valence-electron chi connectivity index (χ2n) is 5.66. The van der Waals surface area contributed by atoms with Gasteiger partial charge < -0.3 is 5.32 Å². The second kappa shape index (κ2) is 8.45. The molecule has 0 saturated heterocycles. The number of benzene rings is 1. The minimum atomic E-state index is 0.0538. The van der Waals surface area contributed by atoms with Crippen LogP contribution in [0.2, 0.25) is 0 Å². The molecule has 1 unspecified atom stereocenters. The fourth-order valence-electron chi connectivity index (χ4n) is 2.67. The van der Waals surface area contributed by atoms with Crippen LogP contribution < -0.4 is 5.32 Å². The number of hydrogen-bond acceptors (Lipinski definition) is 3. The van der Waals surface area contributed by atoms with Gasteiger partial charge in [-0.1, -0.05) is 36.4 Å². The number of aryl methyl sites for hydroxylation is 1. The summed E-state index contributed by atoms with van der Waals surface area (Å²) in [4.78, 5) is 13.3. The number of nitrogens with one attached hydrogen (secondary N) is 1. The molecule has 3 aromatic rings. The fourth-order valence-corrected chi connectivity index (χ4v) is 3.49. The topological polar surface area (TPSA) is 46.9 Å². The average Bonchev–Trinajstić information content (AvgIpc) is 3.30. The van der Waals surface area contributed by atoms with E-state index in [0.717, 1.165) is 12.8 Å². The zero-order valence-electron chi connectivity index (χ0n) is 13.5. The molecule has 0 aliphatic heterocycles. The largest absolute Gasteiger partial charge is 0.354 e. The van der Waals surface area contributed by atoms with Gasteiger partial charge in [0.15, 0.2) is 0 Å². The van der Waals surface area contributed by atoms with Crippen molar-refractivity contribution in [1.29, 1.82) is 0 Å². The van der Waals surface area contributed by atoms with Gasteiger partial charge in [0.25, 0.3) is 0 Å². The van der Waals surface area contributed by atoms with Gasteiger partial charge in [-0.2, -0.15) is 5.10 Å². The number of aromatic nitrogens is 2.